The predicted molar refractivity (Wildman–Crippen MR) is 108 cm³/mol. The number of halogens is 2. The van der Waals surface area contributed by atoms with Gasteiger partial charge in [0.05, 0.1) is 0 Å². The summed E-state index contributed by atoms with van der Waals surface area (Å²) in [5.41, 5.74) is 2.02. The van der Waals surface area contributed by atoms with Gasteiger partial charge in [-0.25, -0.2) is 0 Å². The van der Waals surface area contributed by atoms with E-state index >= 15 is 0 Å². The molecule has 1 amide bonds. The summed E-state index contributed by atoms with van der Waals surface area (Å²) in [5.74, 6) is 0.587. The molecule has 0 aliphatic carbocycles. The quantitative estimate of drug-likeness (QED) is 0.848. The van der Waals surface area contributed by atoms with Gasteiger partial charge < -0.3 is 5.32 Å². The average molecular weight is 391 g/mol. The summed E-state index contributed by atoms with van der Waals surface area (Å²) < 4.78 is 0. The maximum absolute atomic E-state index is 12.7. The second kappa shape index (κ2) is 8.43. The number of nitrogens with one attached hydrogen (secondary N) is 1. The van der Waals surface area contributed by atoms with Gasteiger partial charge in [-0.15, -0.1) is 12.4 Å². The molecule has 2 atom stereocenters. The number of hydrogen-bond acceptors (Lipinski definition) is 2. The van der Waals surface area contributed by atoms with E-state index in [1.807, 2.05) is 0 Å². The molecule has 2 aromatic rings. The van der Waals surface area contributed by atoms with Crippen molar-refractivity contribution in [2.45, 2.75) is 31.3 Å². The predicted octanol–water partition coefficient (Wildman–Crippen LogP) is 4.20. The molecule has 2 bridgehead atoms. The minimum atomic E-state index is 0. The van der Waals surface area contributed by atoms with E-state index in [9.17, 15) is 4.79 Å². The van der Waals surface area contributed by atoms with Crippen LogP contribution in [0.3, 0.4) is 0 Å². The lowest BCUT2D eigenvalue weighted by atomic mass is 9.76. The molecule has 5 rings (SSSR count). The maximum Gasteiger partial charge on any atom is 0.251 e. The van der Waals surface area contributed by atoms with Crippen LogP contribution in [-0.4, -0.2) is 36.0 Å². The number of fused-ring (bicyclic) bond motifs is 3. The topological polar surface area (TPSA) is 32.3 Å². The number of hydrogen-bond donors (Lipinski definition) is 1. The number of rotatable bonds is 4. The Morgan fingerprint density at radius 3 is 2.35 bits per heavy atom. The van der Waals surface area contributed by atoms with Gasteiger partial charge in [0.2, 0.25) is 0 Å². The molecular weight excluding hydrogens is 367 g/mol. The molecule has 3 nitrogen and oxygen atoms in total. The summed E-state index contributed by atoms with van der Waals surface area (Å²) in [7, 11) is 0. The molecule has 138 valence electrons. The molecule has 0 saturated carbocycles. The van der Waals surface area contributed by atoms with Crippen molar-refractivity contribution in [2.75, 3.05) is 13.1 Å². The van der Waals surface area contributed by atoms with Gasteiger partial charge in [0.1, 0.15) is 0 Å². The van der Waals surface area contributed by atoms with Crippen molar-refractivity contribution in [3.63, 3.8) is 0 Å². The Kier molecular flexibility index (Phi) is 6.23. The molecule has 26 heavy (non-hydrogen) atoms. The summed E-state index contributed by atoms with van der Waals surface area (Å²) in [6.07, 6.45) is 3.34. The first-order valence-electron chi connectivity index (χ1n) is 9.05. The van der Waals surface area contributed by atoms with Crippen LogP contribution in [0.25, 0.3) is 0 Å². The molecule has 3 aliphatic heterocycles. The molecule has 1 N–H and O–H groups in total. The van der Waals surface area contributed by atoms with Crippen LogP contribution < -0.4 is 5.32 Å². The minimum absolute atomic E-state index is 0. The SMILES string of the molecule is Cl.O=C(NC1C2CCN(CC2)C1Cc1ccccc1)c1ccc(Cl)cc1. The van der Waals surface area contributed by atoms with Gasteiger partial charge in [0.15, 0.2) is 0 Å². The molecular formula is C21H24Cl2N2O. The molecule has 2 aromatic carbocycles. The highest BCUT2D eigenvalue weighted by molar-refractivity contribution is 6.30. The number of piperidine rings is 3. The second-order valence-electron chi connectivity index (χ2n) is 7.14. The smallest absolute Gasteiger partial charge is 0.251 e. The zero-order valence-corrected chi connectivity index (χ0v) is 16.2. The first-order valence-corrected chi connectivity index (χ1v) is 9.43. The minimum Gasteiger partial charge on any atom is -0.347 e. The van der Waals surface area contributed by atoms with Crippen molar-refractivity contribution in [1.82, 2.24) is 10.2 Å². The number of carbonyl (C=O) groups is 1. The molecule has 3 aliphatic rings. The lowest BCUT2D eigenvalue weighted by molar-refractivity contribution is 0.0136. The van der Waals surface area contributed by atoms with Crippen LogP contribution in [-0.2, 0) is 6.42 Å². The highest BCUT2D eigenvalue weighted by Crippen LogP contribution is 2.34. The Bertz CT molecular complexity index is 727. The molecule has 5 heteroatoms. The van der Waals surface area contributed by atoms with Gasteiger partial charge in [-0.2, -0.15) is 0 Å². The van der Waals surface area contributed by atoms with Crippen LogP contribution in [0.2, 0.25) is 5.02 Å². The van der Waals surface area contributed by atoms with Crippen LogP contribution in [0, 0.1) is 5.92 Å². The van der Waals surface area contributed by atoms with E-state index in [0.717, 1.165) is 19.5 Å². The van der Waals surface area contributed by atoms with E-state index in [4.69, 9.17) is 11.6 Å². The van der Waals surface area contributed by atoms with Gasteiger partial charge in [0.25, 0.3) is 5.91 Å². The zero-order chi connectivity index (χ0) is 17.2. The fourth-order valence-electron chi connectivity index (χ4n) is 4.31. The molecule has 0 radical (unpaired) electrons. The zero-order valence-electron chi connectivity index (χ0n) is 14.6. The van der Waals surface area contributed by atoms with Crippen molar-refractivity contribution in [1.29, 1.82) is 0 Å². The van der Waals surface area contributed by atoms with Crippen molar-refractivity contribution in [2.24, 2.45) is 5.92 Å². The van der Waals surface area contributed by atoms with Gasteiger partial charge in [-0.1, -0.05) is 41.9 Å². The van der Waals surface area contributed by atoms with Crippen molar-refractivity contribution >= 4 is 29.9 Å². The summed E-state index contributed by atoms with van der Waals surface area (Å²) in [6.45, 7) is 2.30. The largest absolute Gasteiger partial charge is 0.347 e. The van der Waals surface area contributed by atoms with Crippen LogP contribution in [0.4, 0.5) is 0 Å². The highest BCUT2D eigenvalue weighted by atomic mass is 35.5. The van der Waals surface area contributed by atoms with Crippen LogP contribution in [0.1, 0.15) is 28.8 Å². The van der Waals surface area contributed by atoms with Gasteiger partial charge in [-0.05, 0) is 68.1 Å². The molecule has 3 fully saturated rings. The summed E-state index contributed by atoms with van der Waals surface area (Å²) in [5, 5.41) is 3.99. The Labute approximate surface area is 166 Å². The lowest BCUT2D eigenvalue weighted by Crippen LogP contribution is -2.64. The maximum atomic E-state index is 12.7. The molecule has 3 heterocycles. The molecule has 0 spiro atoms. The molecule has 3 saturated heterocycles. The Morgan fingerprint density at radius 1 is 1.04 bits per heavy atom. The third-order valence-electron chi connectivity index (χ3n) is 5.66. The second-order valence-corrected chi connectivity index (χ2v) is 7.57. The number of amides is 1. The first-order chi connectivity index (χ1) is 12.2. The van der Waals surface area contributed by atoms with Crippen molar-refractivity contribution < 1.29 is 4.79 Å². The Morgan fingerprint density at radius 2 is 1.69 bits per heavy atom. The van der Waals surface area contributed by atoms with E-state index in [0.29, 0.717) is 22.5 Å². The first kappa shape index (κ1) is 19.2. The lowest BCUT2D eigenvalue weighted by Gasteiger charge is -2.51. The van der Waals surface area contributed by atoms with E-state index in [-0.39, 0.29) is 24.4 Å². The van der Waals surface area contributed by atoms with Crippen molar-refractivity contribution in [3.8, 4) is 0 Å². The van der Waals surface area contributed by atoms with Gasteiger partial charge in [-0.3, -0.25) is 9.69 Å². The fourth-order valence-corrected chi connectivity index (χ4v) is 4.44. The highest BCUT2D eigenvalue weighted by Gasteiger charge is 2.42. The summed E-state index contributed by atoms with van der Waals surface area (Å²) in [4.78, 5) is 15.3. The Hall–Kier alpha value is -1.55. The summed E-state index contributed by atoms with van der Waals surface area (Å²) >= 11 is 5.93. The van der Waals surface area contributed by atoms with Crippen LogP contribution in [0.15, 0.2) is 54.6 Å². The third kappa shape index (κ3) is 4.06. The van der Waals surface area contributed by atoms with E-state index < -0.39 is 0 Å². The normalized spacial score (nSPS) is 26.8. The van der Waals surface area contributed by atoms with E-state index in [2.05, 4.69) is 40.5 Å². The average Bonchev–Trinajstić information content (AvgIpc) is 2.66. The molecule has 2 unspecified atom stereocenters. The monoisotopic (exact) mass is 390 g/mol. The third-order valence-corrected chi connectivity index (χ3v) is 5.91. The van der Waals surface area contributed by atoms with Gasteiger partial charge >= 0.3 is 0 Å². The van der Waals surface area contributed by atoms with E-state index in [1.165, 1.54) is 18.4 Å². The fraction of sp³-hybridized carbons (Fsp3) is 0.381. The van der Waals surface area contributed by atoms with Crippen molar-refractivity contribution in [3.05, 3.63) is 70.7 Å². The Balaban J connectivity index is 0.00000196. The number of carbonyl (C=O) groups excluding carboxylic acids is 1. The molecule has 0 aromatic heterocycles. The van der Waals surface area contributed by atoms with Crippen LogP contribution >= 0.6 is 24.0 Å². The number of nitrogens with zero attached hydrogens (tertiary/aromatic N) is 1. The van der Waals surface area contributed by atoms with E-state index in [1.54, 1.807) is 24.3 Å². The summed E-state index contributed by atoms with van der Waals surface area (Å²) in [6, 6.07) is 18.3. The standard InChI is InChI=1S/C21H23ClN2O.ClH/c22-18-8-6-17(7-9-18)21(25)23-20-16-10-12-24(13-11-16)19(20)14-15-4-2-1-3-5-15;/h1-9,16,19-20H,10-14H2,(H,23,25);1H. The van der Waals surface area contributed by atoms with Gasteiger partial charge in [0, 0.05) is 22.7 Å². The number of benzene rings is 2. The van der Waals surface area contributed by atoms with Crippen LogP contribution in [0.5, 0.6) is 0 Å².